The molecule has 2 unspecified atom stereocenters. The van der Waals surface area contributed by atoms with Crippen molar-refractivity contribution in [2.75, 3.05) is 12.4 Å². The van der Waals surface area contributed by atoms with Crippen molar-refractivity contribution >= 4 is 51.8 Å². The molecule has 1 fully saturated rings. The van der Waals surface area contributed by atoms with Crippen LogP contribution in [0.4, 0.5) is 5.95 Å². The van der Waals surface area contributed by atoms with E-state index in [0.29, 0.717) is 40.5 Å². The van der Waals surface area contributed by atoms with Crippen molar-refractivity contribution < 1.29 is 19.4 Å². The Kier molecular flexibility index (Phi) is 7.00. The number of ether oxygens (including phenoxy) is 2. The van der Waals surface area contributed by atoms with Gasteiger partial charge in [0.2, 0.25) is 5.95 Å². The van der Waals surface area contributed by atoms with Gasteiger partial charge in [0.05, 0.1) is 23.6 Å². The van der Waals surface area contributed by atoms with E-state index in [4.69, 9.17) is 37.7 Å². The molecule has 38 heavy (non-hydrogen) atoms. The zero-order chi connectivity index (χ0) is 27.2. The third-order valence-electron chi connectivity index (χ3n) is 6.67. The van der Waals surface area contributed by atoms with E-state index in [-0.39, 0.29) is 33.7 Å². The second-order valence-electron chi connectivity index (χ2n) is 10.5. The number of hydrogen-bond donors (Lipinski definition) is 2. The average molecular weight is 558 g/mol. The molecule has 0 amide bonds. The van der Waals surface area contributed by atoms with E-state index >= 15 is 0 Å². The Morgan fingerprint density at radius 3 is 2.71 bits per heavy atom. The lowest BCUT2D eigenvalue weighted by atomic mass is 9.99. The van der Waals surface area contributed by atoms with Crippen LogP contribution < -0.4 is 10.1 Å². The fourth-order valence-corrected chi connectivity index (χ4v) is 5.67. The average Bonchev–Trinajstić information content (AvgIpc) is 3.51. The second-order valence-corrected chi connectivity index (χ2v) is 11.2. The van der Waals surface area contributed by atoms with Gasteiger partial charge in [-0.15, -0.1) is 0 Å². The molecule has 1 aromatic carbocycles. The minimum atomic E-state index is -0.507. The van der Waals surface area contributed by atoms with E-state index in [9.17, 15) is 9.90 Å². The Morgan fingerprint density at radius 1 is 1.18 bits per heavy atom. The Hall–Kier alpha value is -3.30. The fraction of sp³-hybridized carbons (Fsp3) is 0.407. The second kappa shape index (κ2) is 10.1. The van der Waals surface area contributed by atoms with Gasteiger partial charge in [0, 0.05) is 47.2 Å². The van der Waals surface area contributed by atoms with Crippen molar-refractivity contribution in [3.63, 3.8) is 0 Å². The number of pyridine rings is 1. The fourth-order valence-electron chi connectivity index (χ4n) is 5.04. The zero-order valence-electron chi connectivity index (χ0n) is 21.6. The van der Waals surface area contributed by atoms with Gasteiger partial charge in [-0.3, -0.25) is 9.20 Å². The molecule has 0 aliphatic heterocycles. The number of esters is 1. The van der Waals surface area contributed by atoms with Gasteiger partial charge >= 0.3 is 5.97 Å². The molecule has 5 rings (SSSR count). The smallest absolute Gasteiger partial charge is 0.306 e. The van der Waals surface area contributed by atoms with Crippen molar-refractivity contribution in [1.29, 1.82) is 0 Å². The predicted octanol–water partition coefficient (Wildman–Crippen LogP) is 6.28. The number of aromatic nitrogens is 4. The summed E-state index contributed by atoms with van der Waals surface area (Å²) in [7, 11) is 1.47. The number of halogens is 2. The molecule has 0 spiro atoms. The molecule has 2 atom stereocenters. The Balaban J connectivity index is 1.49. The number of rotatable bonds is 6. The van der Waals surface area contributed by atoms with Crippen LogP contribution in [0.25, 0.3) is 27.8 Å². The van der Waals surface area contributed by atoms with E-state index < -0.39 is 5.60 Å². The lowest BCUT2D eigenvalue weighted by Gasteiger charge is -2.24. The SMILES string of the molecule is COc1cc(O)c(Cl)c(-c2cc3cnc(NC4CCCC4CC(=O)OC(C)(C)C)nc3n3ccnc23)c1Cl. The number of phenolic OH excluding ortho intramolecular Hbond substituents is 1. The molecule has 0 radical (unpaired) electrons. The van der Waals surface area contributed by atoms with Crippen LogP contribution in [-0.4, -0.2) is 49.2 Å². The Labute approximate surface area is 230 Å². The molecule has 1 aliphatic carbocycles. The van der Waals surface area contributed by atoms with Crippen molar-refractivity contribution in [3.05, 3.63) is 40.8 Å². The van der Waals surface area contributed by atoms with E-state index in [1.807, 2.05) is 31.2 Å². The number of aromatic hydroxyl groups is 1. The molecule has 3 heterocycles. The minimum Gasteiger partial charge on any atom is -0.506 e. The summed E-state index contributed by atoms with van der Waals surface area (Å²) in [5.74, 6) is 0.563. The third-order valence-corrected chi connectivity index (χ3v) is 7.42. The number of nitrogens with zero attached hydrogens (tertiary/aromatic N) is 4. The summed E-state index contributed by atoms with van der Waals surface area (Å²) >= 11 is 13.1. The van der Waals surface area contributed by atoms with Crippen LogP contribution in [-0.2, 0) is 9.53 Å². The number of nitrogens with one attached hydrogen (secondary N) is 1. The van der Waals surface area contributed by atoms with E-state index in [1.54, 1.807) is 18.6 Å². The number of phenols is 1. The van der Waals surface area contributed by atoms with Gasteiger partial charge < -0.3 is 19.9 Å². The van der Waals surface area contributed by atoms with Crippen LogP contribution in [0.2, 0.25) is 10.0 Å². The number of fused-ring (bicyclic) bond motifs is 3. The van der Waals surface area contributed by atoms with Gasteiger partial charge in [0.1, 0.15) is 22.7 Å². The number of carbonyl (C=O) groups excluding carboxylic acids is 1. The summed E-state index contributed by atoms with van der Waals surface area (Å²) in [6.07, 6.45) is 8.39. The number of anilines is 1. The molecule has 3 aromatic heterocycles. The summed E-state index contributed by atoms with van der Waals surface area (Å²) in [6, 6.07) is 3.28. The summed E-state index contributed by atoms with van der Waals surface area (Å²) in [5, 5.41) is 14.9. The molecule has 0 bridgehead atoms. The highest BCUT2D eigenvalue weighted by Gasteiger charge is 2.31. The molecule has 1 saturated carbocycles. The number of benzene rings is 1. The summed E-state index contributed by atoms with van der Waals surface area (Å²) in [5.41, 5.74) is 1.69. The molecule has 9 nitrogen and oxygen atoms in total. The highest BCUT2D eigenvalue weighted by Crippen LogP contribution is 2.47. The van der Waals surface area contributed by atoms with Crippen molar-refractivity contribution in [3.8, 4) is 22.6 Å². The van der Waals surface area contributed by atoms with Crippen LogP contribution in [0, 0.1) is 5.92 Å². The predicted molar refractivity (Wildman–Crippen MR) is 147 cm³/mol. The van der Waals surface area contributed by atoms with Crippen molar-refractivity contribution in [1.82, 2.24) is 19.4 Å². The minimum absolute atomic E-state index is 0.0647. The first-order valence-corrected chi connectivity index (χ1v) is 13.2. The highest BCUT2D eigenvalue weighted by atomic mass is 35.5. The topological polar surface area (TPSA) is 111 Å². The summed E-state index contributed by atoms with van der Waals surface area (Å²) < 4.78 is 12.7. The maximum absolute atomic E-state index is 12.4. The van der Waals surface area contributed by atoms with Crippen LogP contribution in [0.1, 0.15) is 46.5 Å². The van der Waals surface area contributed by atoms with Crippen molar-refractivity contribution in [2.24, 2.45) is 5.92 Å². The van der Waals surface area contributed by atoms with E-state index in [1.165, 1.54) is 13.2 Å². The molecular formula is C27H29Cl2N5O4. The zero-order valence-corrected chi connectivity index (χ0v) is 23.1. The standard InChI is InChI=1S/C27H29Cl2N5O4/c1-27(2,3)38-20(36)11-14-6-5-7-17(14)32-26-31-13-15-10-16(25-30-8-9-34(25)24(15)33-26)21-22(28)18(35)12-19(37-4)23(21)29/h8-10,12-14,17,35H,5-7,11H2,1-4H3,(H,31,32,33). The third kappa shape index (κ3) is 5.05. The van der Waals surface area contributed by atoms with Gasteiger partial charge in [-0.2, -0.15) is 4.98 Å². The molecular weight excluding hydrogens is 529 g/mol. The van der Waals surface area contributed by atoms with Gasteiger partial charge in [-0.1, -0.05) is 29.6 Å². The molecule has 4 aromatic rings. The first-order chi connectivity index (χ1) is 18.1. The Morgan fingerprint density at radius 2 is 1.97 bits per heavy atom. The van der Waals surface area contributed by atoms with Gasteiger partial charge in [0.15, 0.2) is 5.65 Å². The molecule has 1 aliphatic rings. The number of methoxy groups -OCH3 is 1. The monoisotopic (exact) mass is 557 g/mol. The molecule has 200 valence electrons. The maximum atomic E-state index is 12.4. The quantitative estimate of drug-likeness (QED) is 0.266. The number of carbonyl (C=O) groups is 1. The van der Waals surface area contributed by atoms with Crippen molar-refractivity contribution in [2.45, 2.75) is 58.1 Å². The Bertz CT molecular complexity index is 1530. The van der Waals surface area contributed by atoms with Crippen LogP contribution in [0.15, 0.2) is 30.7 Å². The summed E-state index contributed by atoms with van der Waals surface area (Å²) in [6.45, 7) is 5.62. The van der Waals surface area contributed by atoms with Crippen LogP contribution >= 0.6 is 23.2 Å². The van der Waals surface area contributed by atoms with Crippen LogP contribution in [0.3, 0.4) is 0 Å². The normalized spacial score (nSPS) is 17.7. The number of hydrogen-bond acceptors (Lipinski definition) is 8. The van der Waals surface area contributed by atoms with E-state index in [0.717, 1.165) is 24.6 Å². The van der Waals surface area contributed by atoms with Gasteiger partial charge in [-0.05, 0) is 45.6 Å². The van der Waals surface area contributed by atoms with E-state index in [2.05, 4.69) is 15.3 Å². The summed E-state index contributed by atoms with van der Waals surface area (Å²) in [4.78, 5) is 26.3. The molecule has 2 N–H and O–H groups in total. The van der Waals surface area contributed by atoms with Gasteiger partial charge in [0.25, 0.3) is 0 Å². The first-order valence-electron chi connectivity index (χ1n) is 12.4. The van der Waals surface area contributed by atoms with Gasteiger partial charge in [-0.25, -0.2) is 9.97 Å². The lowest BCUT2D eigenvalue weighted by Crippen LogP contribution is -2.30. The maximum Gasteiger partial charge on any atom is 0.306 e. The largest absolute Gasteiger partial charge is 0.506 e. The van der Waals surface area contributed by atoms with Crippen LogP contribution in [0.5, 0.6) is 11.5 Å². The first kappa shape index (κ1) is 26.3. The molecule has 11 heteroatoms. The number of imidazole rings is 1. The lowest BCUT2D eigenvalue weighted by molar-refractivity contribution is -0.156. The highest BCUT2D eigenvalue weighted by molar-refractivity contribution is 6.41. The molecule has 0 saturated heterocycles.